The third kappa shape index (κ3) is 5.75. The number of amides is 1. The van der Waals surface area contributed by atoms with Crippen molar-refractivity contribution in [1.82, 2.24) is 14.6 Å². The normalized spacial score (nSPS) is 25.9. The summed E-state index contributed by atoms with van der Waals surface area (Å²) in [5.41, 5.74) is 6.11. The van der Waals surface area contributed by atoms with E-state index in [1.54, 1.807) is 12.1 Å². The summed E-state index contributed by atoms with van der Waals surface area (Å²) in [4.78, 5) is 16.5. The molecule has 4 N–H and O–H groups in total. The minimum Gasteiger partial charge on any atom is -0.390 e. The molecule has 1 saturated heterocycles. The van der Waals surface area contributed by atoms with Gasteiger partial charge in [-0.3, -0.25) is 4.79 Å². The number of carbonyl (C=O) groups excluding carboxylic acids is 1. The van der Waals surface area contributed by atoms with Crippen LogP contribution in [0.5, 0.6) is 0 Å². The highest BCUT2D eigenvalue weighted by atomic mass is 32.2. The largest absolute Gasteiger partial charge is 0.390 e. The number of carbonyl (C=O) groups is 1. The molecule has 162 valence electrons. The fourth-order valence-corrected chi connectivity index (χ4v) is 5.73. The Bertz CT molecular complexity index is 768. The van der Waals surface area contributed by atoms with Gasteiger partial charge in [-0.15, -0.1) is 0 Å². The molecule has 1 aromatic heterocycles. The number of nitrogens with two attached hydrogens (primary N) is 1. The number of nitrogens with zero attached hydrogens (tertiary/aromatic N) is 2. The second-order valence-corrected chi connectivity index (χ2v) is 10.1. The molecule has 1 aromatic rings. The Morgan fingerprint density at radius 2 is 2.00 bits per heavy atom. The van der Waals surface area contributed by atoms with E-state index in [-0.39, 0.29) is 24.0 Å². The highest BCUT2D eigenvalue weighted by Gasteiger charge is 2.34. The summed E-state index contributed by atoms with van der Waals surface area (Å²) in [5.74, 6) is 0.225. The average Bonchev–Trinajstić information content (AvgIpc) is 2.91. The number of sulfonamides is 1. The van der Waals surface area contributed by atoms with E-state index in [1.165, 1.54) is 35.8 Å². The van der Waals surface area contributed by atoms with Crippen molar-refractivity contribution >= 4 is 15.9 Å². The fraction of sp³-hybridized carbons (Fsp3) is 0.700. The van der Waals surface area contributed by atoms with Gasteiger partial charge in [0.15, 0.2) is 5.03 Å². The van der Waals surface area contributed by atoms with Crippen LogP contribution in [0.4, 0.5) is 0 Å². The molecule has 1 aliphatic heterocycles. The fourth-order valence-electron chi connectivity index (χ4n) is 4.30. The van der Waals surface area contributed by atoms with Gasteiger partial charge < -0.3 is 16.2 Å². The minimum atomic E-state index is -3.78. The first-order valence-electron chi connectivity index (χ1n) is 10.5. The Labute approximate surface area is 172 Å². The predicted octanol–water partition coefficient (Wildman–Crippen LogP) is 1.01. The van der Waals surface area contributed by atoms with Crippen LogP contribution in [0.15, 0.2) is 29.4 Å². The Hall–Kier alpha value is -1.55. The maximum Gasteiger partial charge on any atom is 0.260 e. The number of pyridine rings is 1. The highest BCUT2D eigenvalue weighted by molar-refractivity contribution is 7.89. The summed E-state index contributed by atoms with van der Waals surface area (Å²) in [6.45, 7) is 0.193. The lowest BCUT2D eigenvalue weighted by atomic mass is 9.85. The number of aromatic nitrogens is 1. The molecule has 1 saturated carbocycles. The van der Waals surface area contributed by atoms with Crippen LogP contribution in [0.1, 0.15) is 51.4 Å². The molecule has 0 radical (unpaired) electrons. The van der Waals surface area contributed by atoms with Crippen LogP contribution in [-0.2, 0) is 14.8 Å². The van der Waals surface area contributed by atoms with Gasteiger partial charge in [0.05, 0.1) is 18.2 Å². The van der Waals surface area contributed by atoms with Gasteiger partial charge in [-0.05, 0) is 37.3 Å². The molecule has 0 spiro atoms. The molecular formula is C20H32N4O4S. The summed E-state index contributed by atoms with van der Waals surface area (Å²) in [6, 6.07) is 3.60. The minimum absolute atomic E-state index is 0.0378. The molecule has 3 atom stereocenters. The van der Waals surface area contributed by atoms with Gasteiger partial charge >= 0.3 is 0 Å². The zero-order valence-corrected chi connectivity index (χ0v) is 17.6. The number of nitrogens with one attached hydrogen (secondary N) is 1. The van der Waals surface area contributed by atoms with E-state index < -0.39 is 28.2 Å². The zero-order valence-electron chi connectivity index (χ0n) is 16.7. The van der Waals surface area contributed by atoms with Gasteiger partial charge in [-0.1, -0.05) is 38.2 Å². The van der Waals surface area contributed by atoms with E-state index in [0.29, 0.717) is 25.2 Å². The van der Waals surface area contributed by atoms with E-state index in [4.69, 9.17) is 5.73 Å². The smallest absolute Gasteiger partial charge is 0.260 e. The zero-order chi connectivity index (χ0) is 20.9. The molecule has 0 bridgehead atoms. The monoisotopic (exact) mass is 424 g/mol. The second kappa shape index (κ2) is 9.97. The van der Waals surface area contributed by atoms with Crippen molar-refractivity contribution in [1.29, 1.82) is 0 Å². The molecule has 2 aliphatic rings. The summed E-state index contributed by atoms with van der Waals surface area (Å²) >= 11 is 0. The van der Waals surface area contributed by atoms with Gasteiger partial charge in [0.1, 0.15) is 0 Å². The van der Waals surface area contributed by atoms with E-state index in [0.717, 1.165) is 12.8 Å². The molecule has 1 amide bonds. The van der Waals surface area contributed by atoms with E-state index in [1.807, 2.05) is 0 Å². The molecular weight excluding hydrogens is 392 g/mol. The predicted molar refractivity (Wildman–Crippen MR) is 109 cm³/mol. The molecule has 0 aromatic carbocycles. The van der Waals surface area contributed by atoms with E-state index in [9.17, 15) is 18.3 Å². The van der Waals surface area contributed by atoms with Crippen molar-refractivity contribution in [2.24, 2.45) is 11.7 Å². The van der Waals surface area contributed by atoms with Gasteiger partial charge in [0.25, 0.3) is 10.0 Å². The SMILES string of the molecule is N[C@@H](CC1CCCCC1)C(=O)N[C@H]1CCCN(S(=O)(=O)c2ccccn2)C[C@@H]1O. The Morgan fingerprint density at radius 1 is 1.24 bits per heavy atom. The molecule has 1 aliphatic carbocycles. The number of aliphatic hydroxyl groups excluding tert-OH is 1. The van der Waals surface area contributed by atoms with Crippen LogP contribution in [0.3, 0.4) is 0 Å². The first kappa shape index (κ1) is 22.1. The molecule has 29 heavy (non-hydrogen) atoms. The van der Waals surface area contributed by atoms with Crippen LogP contribution < -0.4 is 11.1 Å². The molecule has 2 fully saturated rings. The summed E-state index contributed by atoms with van der Waals surface area (Å²) in [6.07, 6.45) is 8.00. The molecule has 0 unspecified atom stereocenters. The molecule has 8 nitrogen and oxygen atoms in total. The Kier molecular flexibility index (Phi) is 7.61. The van der Waals surface area contributed by atoms with Crippen LogP contribution >= 0.6 is 0 Å². The van der Waals surface area contributed by atoms with Crippen LogP contribution in [-0.4, -0.2) is 60.0 Å². The van der Waals surface area contributed by atoms with Crippen molar-refractivity contribution in [3.05, 3.63) is 24.4 Å². The summed E-state index contributed by atoms with van der Waals surface area (Å²) in [5, 5.41) is 13.4. The summed E-state index contributed by atoms with van der Waals surface area (Å²) in [7, 11) is -3.78. The third-order valence-electron chi connectivity index (χ3n) is 6.00. The van der Waals surface area contributed by atoms with Gasteiger partial charge in [-0.2, -0.15) is 4.31 Å². The number of hydrogen-bond acceptors (Lipinski definition) is 6. The topological polar surface area (TPSA) is 126 Å². The van der Waals surface area contributed by atoms with Crippen molar-refractivity contribution < 1.29 is 18.3 Å². The average molecular weight is 425 g/mol. The van der Waals surface area contributed by atoms with E-state index >= 15 is 0 Å². The lowest BCUT2D eigenvalue weighted by molar-refractivity contribution is -0.124. The molecule has 9 heteroatoms. The Balaban J connectivity index is 1.57. The quantitative estimate of drug-likeness (QED) is 0.626. The van der Waals surface area contributed by atoms with Gasteiger partial charge in [0.2, 0.25) is 5.91 Å². The number of rotatable bonds is 6. The maximum atomic E-state index is 12.8. The molecule has 3 rings (SSSR count). The first-order valence-corrected chi connectivity index (χ1v) is 12.0. The lowest BCUT2D eigenvalue weighted by Gasteiger charge is -2.27. The standard InChI is InChI=1S/C20H32N4O4S/c21-16(13-15-7-2-1-3-8-15)20(26)23-17-9-6-12-24(14-18(17)25)29(27,28)19-10-4-5-11-22-19/h4-5,10-11,15-18,25H,1-3,6-9,12-14,21H2,(H,23,26)/t16-,17-,18-/m0/s1. The molecule has 2 heterocycles. The van der Waals surface area contributed by atoms with Crippen molar-refractivity contribution in [2.45, 2.75) is 74.6 Å². The first-order chi connectivity index (χ1) is 13.9. The van der Waals surface area contributed by atoms with Crippen molar-refractivity contribution in [2.75, 3.05) is 13.1 Å². The number of hydrogen-bond donors (Lipinski definition) is 3. The lowest BCUT2D eigenvalue weighted by Crippen LogP contribution is -2.52. The second-order valence-electron chi connectivity index (χ2n) is 8.20. The third-order valence-corrected chi connectivity index (χ3v) is 7.78. The van der Waals surface area contributed by atoms with Crippen molar-refractivity contribution in [3.8, 4) is 0 Å². The number of β-amino-alcohol motifs (C(OH)–C–C–N with tert-alkyl or cyclic N) is 1. The maximum absolute atomic E-state index is 12.8. The van der Waals surface area contributed by atoms with Crippen LogP contribution in [0, 0.1) is 5.92 Å². The Morgan fingerprint density at radius 3 is 2.69 bits per heavy atom. The van der Waals surface area contributed by atoms with E-state index in [2.05, 4.69) is 10.3 Å². The highest BCUT2D eigenvalue weighted by Crippen LogP contribution is 2.27. The number of aliphatic hydroxyl groups is 1. The van der Waals surface area contributed by atoms with Crippen LogP contribution in [0.2, 0.25) is 0 Å². The van der Waals surface area contributed by atoms with Crippen LogP contribution in [0.25, 0.3) is 0 Å². The van der Waals surface area contributed by atoms with Gasteiger partial charge in [0, 0.05) is 19.3 Å². The van der Waals surface area contributed by atoms with Crippen molar-refractivity contribution in [3.63, 3.8) is 0 Å². The van der Waals surface area contributed by atoms with Gasteiger partial charge in [-0.25, -0.2) is 13.4 Å². The summed E-state index contributed by atoms with van der Waals surface area (Å²) < 4.78 is 26.8.